The lowest BCUT2D eigenvalue weighted by Gasteiger charge is -2.05. The summed E-state index contributed by atoms with van der Waals surface area (Å²) in [6.07, 6.45) is 1.55. The summed E-state index contributed by atoms with van der Waals surface area (Å²) in [4.78, 5) is 28.7. The Kier molecular flexibility index (Phi) is 5.65. The smallest absolute Gasteiger partial charge is 0.363 e. The van der Waals surface area contributed by atoms with Gasteiger partial charge < -0.3 is 9.47 Å². The molecule has 1 aliphatic heterocycles. The first kappa shape index (κ1) is 19.9. The second-order valence-electron chi connectivity index (χ2n) is 6.29. The van der Waals surface area contributed by atoms with Crippen LogP contribution in [0.3, 0.4) is 0 Å². The minimum atomic E-state index is -0.595. The summed E-state index contributed by atoms with van der Waals surface area (Å²) in [5, 5.41) is 0.723. The maximum absolute atomic E-state index is 12.2. The monoisotopic (exact) mass is 437 g/mol. The fraction of sp³-hybridized carbons (Fsp3) is 0. The lowest BCUT2D eigenvalue weighted by Crippen LogP contribution is -2.08. The molecule has 1 heterocycles. The van der Waals surface area contributed by atoms with Crippen molar-refractivity contribution in [3.8, 4) is 5.75 Å². The van der Waals surface area contributed by atoms with Gasteiger partial charge in [-0.3, -0.25) is 0 Å². The molecule has 0 bridgehead atoms. The molecule has 5 nitrogen and oxygen atoms in total. The predicted octanol–water partition coefficient (Wildman–Crippen LogP) is 5.56. The molecule has 0 atom stereocenters. The minimum Gasteiger partial charge on any atom is -0.423 e. The second kappa shape index (κ2) is 8.53. The molecule has 0 spiro atoms. The molecule has 1 aliphatic rings. The topological polar surface area (TPSA) is 65.0 Å². The third-order valence-corrected chi connectivity index (χ3v) is 4.91. The fourth-order valence-corrected chi connectivity index (χ4v) is 3.03. The largest absolute Gasteiger partial charge is 0.423 e. The van der Waals surface area contributed by atoms with Crippen LogP contribution in [0.1, 0.15) is 21.5 Å². The molecular weight excluding hydrogens is 425 g/mol. The molecule has 3 aromatic rings. The highest BCUT2D eigenvalue weighted by Gasteiger charge is 2.24. The standard InChI is InChI=1S/C23H13Cl2NO4/c24-18-10-9-16(13-19(18)25)21-26-20(23(28)30-21)12-14-5-4-8-17(11-14)29-22(27)15-6-2-1-3-7-15/h1-13H/b20-12-. The number of esters is 2. The Morgan fingerprint density at radius 2 is 1.73 bits per heavy atom. The highest BCUT2D eigenvalue weighted by molar-refractivity contribution is 6.42. The van der Waals surface area contributed by atoms with E-state index in [9.17, 15) is 9.59 Å². The third kappa shape index (κ3) is 4.43. The van der Waals surface area contributed by atoms with Crippen molar-refractivity contribution in [2.45, 2.75) is 0 Å². The zero-order chi connectivity index (χ0) is 21.1. The third-order valence-electron chi connectivity index (χ3n) is 4.17. The second-order valence-corrected chi connectivity index (χ2v) is 7.11. The van der Waals surface area contributed by atoms with Gasteiger partial charge in [-0.25, -0.2) is 14.6 Å². The van der Waals surface area contributed by atoms with E-state index in [4.69, 9.17) is 32.7 Å². The molecule has 0 fully saturated rings. The van der Waals surface area contributed by atoms with E-state index in [0.29, 0.717) is 32.5 Å². The van der Waals surface area contributed by atoms with Gasteiger partial charge in [-0.05, 0) is 54.1 Å². The number of hydrogen-bond acceptors (Lipinski definition) is 5. The highest BCUT2D eigenvalue weighted by atomic mass is 35.5. The van der Waals surface area contributed by atoms with Gasteiger partial charge in [0, 0.05) is 5.56 Å². The van der Waals surface area contributed by atoms with Crippen LogP contribution in [0.4, 0.5) is 0 Å². The number of hydrogen-bond donors (Lipinski definition) is 0. The molecule has 7 heteroatoms. The zero-order valence-corrected chi connectivity index (χ0v) is 16.9. The van der Waals surface area contributed by atoms with Gasteiger partial charge in [0.05, 0.1) is 15.6 Å². The van der Waals surface area contributed by atoms with Crippen LogP contribution in [0, 0.1) is 0 Å². The summed E-state index contributed by atoms with van der Waals surface area (Å²) in [7, 11) is 0. The molecule has 30 heavy (non-hydrogen) atoms. The van der Waals surface area contributed by atoms with Crippen LogP contribution in [0.15, 0.2) is 83.5 Å². The summed E-state index contributed by atoms with van der Waals surface area (Å²) < 4.78 is 10.6. The highest BCUT2D eigenvalue weighted by Crippen LogP contribution is 2.26. The number of ether oxygens (including phenoxy) is 2. The lowest BCUT2D eigenvalue weighted by molar-refractivity contribution is -0.129. The molecular formula is C23H13Cl2NO4. The molecule has 0 aliphatic carbocycles. The molecule has 3 aromatic carbocycles. The number of carbonyl (C=O) groups excluding carboxylic acids is 2. The summed E-state index contributed by atoms with van der Waals surface area (Å²) in [6.45, 7) is 0. The van der Waals surface area contributed by atoms with Crippen molar-refractivity contribution in [2.75, 3.05) is 0 Å². The van der Waals surface area contributed by atoms with Crippen LogP contribution in [0.5, 0.6) is 5.75 Å². The van der Waals surface area contributed by atoms with Crippen molar-refractivity contribution in [3.63, 3.8) is 0 Å². The van der Waals surface area contributed by atoms with Crippen molar-refractivity contribution >= 4 is 47.1 Å². The molecule has 4 rings (SSSR count). The number of cyclic esters (lactones) is 1. The van der Waals surface area contributed by atoms with Crippen molar-refractivity contribution in [1.29, 1.82) is 0 Å². The van der Waals surface area contributed by atoms with Crippen molar-refractivity contribution in [1.82, 2.24) is 0 Å². The Balaban J connectivity index is 1.56. The molecule has 0 unspecified atom stereocenters. The number of rotatable bonds is 4. The van der Waals surface area contributed by atoms with E-state index in [1.807, 2.05) is 6.07 Å². The SMILES string of the molecule is O=C1OC(c2ccc(Cl)c(Cl)c2)=N/C1=C\c1cccc(OC(=O)c2ccccc2)c1. The number of carbonyl (C=O) groups is 2. The van der Waals surface area contributed by atoms with Crippen molar-refractivity contribution < 1.29 is 19.1 Å². The van der Waals surface area contributed by atoms with E-state index in [2.05, 4.69) is 4.99 Å². The van der Waals surface area contributed by atoms with Gasteiger partial charge in [0.15, 0.2) is 5.70 Å². The average Bonchev–Trinajstić information content (AvgIpc) is 3.11. The number of aliphatic imine (C=N–C) groups is 1. The van der Waals surface area contributed by atoms with E-state index in [1.165, 1.54) is 0 Å². The molecule has 0 saturated heterocycles. The number of halogens is 2. The molecule has 0 amide bonds. The number of nitrogens with zero attached hydrogens (tertiary/aromatic N) is 1. The van der Waals surface area contributed by atoms with E-state index in [-0.39, 0.29) is 11.6 Å². The van der Waals surface area contributed by atoms with Crippen molar-refractivity contribution in [2.24, 2.45) is 4.99 Å². The van der Waals surface area contributed by atoms with Crippen LogP contribution >= 0.6 is 23.2 Å². The number of benzene rings is 3. The van der Waals surface area contributed by atoms with Gasteiger partial charge in [-0.2, -0.15) is 0 Å². The zero-order valence-electron chi connectivity index (χ0n) is 15.3. The molecule has 0 aromatic heterocycles. The first-order valence-corrected chi connectivity index (χ1v) is 9.60. The van der Waals surface area contributed by atoms with Crippen molar-refractivity contribution in [3.05, 3.63) is 105 Å². The van der Waals surface area contributed by atoms with Gasteiger partial charge in [0.2, 0.25) is 5.90 Å². The Morgan fingerprint density at radius 3 is 2.50 bits per heavy atom. The molecule has 0 saturated carbocycles. The summed E-state index contributed by atoms with van der Waals surface area (Å²) >= 11 is 11.9. The Bertz CT molecular complexity index is 1200. The molecule has 0 N–H and O–H groups in total. The maximum Gasteiger partial charge on any atom is 0.363 e. The Labute approximate surface area is 182 Å². The van der Waals surface area contributed by atoms with Gasteiger partial charge in [-0.1, -0.05) is 53.5 Å². The van der Waals surface area contributed by atoms with Crippen LogP contribution < -0.4 is 4.74 Å². The molecule has 0 radical (unpaired) electrons. The van der Waals surface area contributed by atoms with Crippen LogP contribution in [0.2, 0.25) is 10.0 Å². The van der Waals surface area contributed by atoms with E-state index in [1.54, 1.807) is 72.8 Å². The normalized spacial score (nSPS) is 14.4. The van der Waals surface area contributed by atoms with Gasteiger partial charge in [0.25, 0.3) is 0 Å². The van der Waals surface area contributed by atoms with E-state index < -0.39 is 11.9 Å². The first-order chi connectivity index (χ1) is 14.5. The summed E-state index contributed by atoms with van der Waals surface area (Å²) in [5.74, 6) is -0.585. The quantitative estimate of drug-likeness (QED) is 0.304. The van der Waals surface area contributed by atoms with Crippen LogP contribution in [-0.4, -0.2) is 17.8 Å². The minimum absolute atomic E-state index is 0.114. The average molecular weight is 438 g/mol. The Hall–Kier alpha value is -3.41. The molecule has 148 valence electrons. The van der Waals surface area contributed by atoms with Gasteiger partial charge >= 0.3 is 11.9 Å². The van der Waals surface area contributed by atoms with Gasteiger partial charge in [0.1, 0.15) is 5.75 Å². The maximum atomic E-state index is 12.2. The van der Waals surface area contributed by atoms with E-state index >= 15 is 0 Å². The Morgan fingerprint density at radius 1 is 0.933 bits per heavy atom. The summed E-state index contributed by atoms with van der Waals surface area (Å²) in [6, 6.07) is 20.3. The van der Waals surface area contributed by atoms with Gasteiger partial charge in [-0.15, -0.1) is 0 Å². The predicted molar refractivity (Wildman–Crippen MR) is 115 cm³/mol. The van der Waals surface area contributed by atoms with Crippen LogP contribution in [-0.2, 0) is 9.53 Å². The van der Waals surface area contributed by atoms with Crippen LogP contribution in [0.25, 0.3) is 6.08 Å². The van der Waals surface area contributed by atoms with E-state index in [0.717, 1.165) is 0 Å². The first-order valence-electron chi connectivity index (χ1n) is 8.85. The lowest BCUT2D eigenvalue weighted by atomic mass is 10.2. The summed E-state index contributed by atoms with van der Waals surface area (Å²) in [5.41, 5.74) is 1.71. The fourth-order valence-electron chi connectivity index (χ4n) is 2.73.